The largest absolute Gasteiger partial charge is 0.477 e. The number of methoxy groups -OCH3 is 1. The summed E-state index contributed by atoms with van der Waals surface area (Å²) in [6.07, 6.45) is 1.53. The Balaban J connectivity index is 2.20. The molecule has 0 saturated heterocycles. The predicted molar refractivity (Wildman–Crippen MR) is 69.2 cm³/mol. The van der Waals surface area contributed by atoms with Gasteiger partial charge in [0, 0.05) is 32.6 Å². The molecular formula is C12H19ClN2O3. The molecule has 0 fully saturated rings. The summed E-state index contributed by atoms with van der Waals surface area (Å²) in [4.78, 5) is 8.29. The first-order valence-electron chi connectivity index (χ1n) is 5.99. The second-order valence-electron chi connectivity index (χ2n) is 3.61. The van der Waals surface area contributed by atoms with E-state index in [2.05, 4.69) is 9.97 Å². The van der Waals surface area contributed by atoms with Crippen LogP contribution in [0.5, 0.6) is 5.88 Å². The minimum Gasteiger partial charge on any atom is -0.477 e. The molecule has 0 spiro atoms. The molecule has 0 N–H and O–H groups in total. The number of aromatic nitrogens is 2. The summed E-state index contributed by atoms with van der Waals surface area (Å²) < 4.78 is 15.7. The van der Waals surface area contributed by atoms with Gasteiger partial charge in [0.15, 0.2) is 0 Å². The lowest BCUT2D eigenvalue weighted by Gasteiger charge is -2.07. The minimum absolute atomic E-state index is 0.410. The van der Waals surface area contributed by atoms with Crippen LogP contribution in [0.25, 0.3) is 0 Å². The van der Waals surface area contributed by atoms with E-state index in [0.29, 0.717) is 43.3 Å². The van der Waals surface area contributed by atoms with Gasteiger partial charge >= 0.3 is 0 Å². The van der Waals surface area contributed by atoms with Crippen LogP contribution in [0.2, 0.25) is 5.15 Å². The summed E-state index contributed by atoms with van der Waals surface area (Å²) in [5.41, 5.74) is 0. The van der Waals surface area contributed by atoms with E-state index in [9.17, 15) is 0 Å². The van der Waals surface area contributed by atoms with Gasteiger partial charge in [0.1, 0.15) is 11.0 Å². The standard InChI is InChI=1S/C12H19ClN2O3/c1-3-11-14-10(13)9-12(15-11)18-6-4-5-17-8-7-16-2/h9H,3-8H2,1-2H3. The second-order valence-corrected chi connectivity index (χ2v) is 3.99. The molecule has 1 heterocycles. The second kappa shape index (κ2) is 9.08. The Kier molecular flexibility index (Phi) is 7.64. The van der Waals surface area contributed by atoms with Gasteiger partial charge in [0.05, 0.1) is 19.8 Å². The maximum Gasteiger partial charge on any atom is 0.218 e. The van der Waals surface area contributed by atoms with Crippen molar-refractivity contribution in [3.8, 4) is 5.88 Å². The molecule has 6 heteroatoms. The Morgan fingerprint density at radius 3 is 2.72 bits per heavy atom. The molecule has 5 nitrogen and oxygen atoms in total. The smallest absolute Gasteiger partial charge is 0.218 e. The molecule has 0 aliphatic rings. The van der Waals surface area contributed by atoms with Crippen molar-refractivity contribution in [1.29, 1.82) is 0 Å². The van der Waals surface area contributed by atoms with Crippen LogP contribution in [0.3, 0.4) is 0 Å². The maximum atomic E-state index is 5.86. The van der Waals surface area contributed by atoms with E-state index in [1.165, 1.54) is 0 Å². The lowest BCUT2D eigenvalue weighted by Crippen LogP contribution is -2.08. The molecule has 0 amide bonds. The molecular weight excluding hydrogens is 256 g/mol. The van der Waals surface area contributed by atoms with Crippen molar-refractivity contribution >= 4 is 11.6 Å². The molecule has 0 atom stereocenters. The third kappa shape index (κ3) is 6.14. The molecule has 0 aliphatic carbocycles. The van der Waals surface area contributed by atoms with Crippen molar-refractivity contribution in [3.63, 3.8) is 0 Å². The predicted octanol–water partition coefficient (Wildman–Crippen LogP) is 2.12. The number of ether oxygens (including phenoxy) is 3. The minimum atomic E-state index is 0.410. The van der Waals surface area contributed by atoms with Gasteiger partial charge in [0.25, 0.3) is 0 Å². The van der Waals surface area contributed by atoms with Crippen LogP contribution in [0.1, 0.15) is 19.2 Å². The summed E-state index contributed by atoms with van der Waals surface area (Å²) in [7, 11) is 1.65. The molecule has 1 rings (SSSR count). The van der Waals surface area contributed by atoms with Crippen molar-refractivity contribution in [3.05, 3.63) is 17.0 Å². The number of hydrogen-bond acceptors (Lipinski definition) is 5. The zero-order valence-corrected chi connectivity index (χ0v) is 11.6. The highest BCUT2D eigenvalue weighted by Gasteiger charge is 2.02. The van der Waals surface area contributed by atoms with Crippen LogP contribution in [0, 0.1) is 0 Å². The number of hydrogen-bond donors (Lipinski definition) is 0. The van der Waals surface area contributed by atoms with Crippen LogP contribution in [0.15, 0.2) is 6.07 Å². The van der Waals surface area contributed by atoms with E-state index in [0.717, 1.165) is 12.8 Å². The first-order chi connectivity index (χ1) is 8.76. The highest BCUT2D eigenvalue weighted by atomic mass is 35.5. The first-order valence-corrected chi connectivity index (χ1v) is 6.37. The van der Waals surface area contributed by atoms with Crippen molar-refractivity contribution < 1.29 is 14.2 Å². The average molecular weight is 275 g/mol. The fraction of sp³-hybridized carbons (Fsp3) is 0.667. The topological polar surface area (TPSA) is 53.5 Å². The Morgan fingerprint density at radius 2 is 2.00 bits per heavy atom. The Labute approximate surface area is 112 Å². The zero-order chi connectivity index (χ0) is 13.2. The quantitative estimate of drug-likeness (QED) is 0.510. The van der Waals surface area contributed by atoms with Crippen LogP contribution in [0.4, 0.5) is 0 Å². The van der Waals surface area contributed by atoms with Gasteiger partial charge in [-0.05, 0) is 0 Å². The van der Waals surface area contributed by atoms with E-state index in [1.807, 2.05) is 6.92 Å². The third-order valence-electron chi connectivity index (χ3n) is 2.15. The van der Waals surface area contributed by atoms with Crippen LogP contribution < -0.4 is 4.74 Å². The Morgan fingerprint density at radius 1 is 1.17 bits per heavy atom. The molecule has 0 saturated carbocycles. The van der Waals surface area contributed by atoms with Crippen molar-refractivity contribution in [2.24, 2.45) is 0 Å². The molecule has 1 aromatic heterocycles. The monoisotopic (exact) mass is 274 g/mol. The van der Waals surface area contributed by atoms with Gasteiger partial charge < -0.3 is 14.2 Å². The SMILES string of the molecule is CCc1nc(Cl)cc(OCCCOCCOC)n1. The van der Waals surface area contributed by atoms with Gasteiger partial charge in [-0.1, -0.05) is 18.5 Å². The van der Waals surface area contributed by atoms with Gasteiger partial charge in [-0.15, -0.1) is 0 Å². The van der Waals surface area contributed by atoms with Gasteiger partial charge in [-0.25, -0.2) is 4.98 Å². The lowest BCUT2D eigenvalue weighted by atomic mass is 10.4. The Hall–Kier alpha value is -0.910. The van der Waals surface area contributed by atoms with E-state index >= 15 is 0 Å². The Bertz CT molecular complexity index is 350. The lowest BCUT2D eigenvalue weighted by molar-refractivity contribution is 0.0642. The number of rotatable bonds is 9. The van der Waals surface area contributed by atoms with Gasteiger partial charge in [-0.2, -0.15) is 4.98 Å². The molecule has 18 heavy (non-hydrogen) atoms. The highest BCUT2D eigenvalue weighted by Crippen LogP contribution is 2.14. The maximum absolute atomic E-state index is 5.86. The fourth-order valence-corrected chi connectivity index (χ4v) is 1.45. The number of halogens is 1. The van der Waals surface area contributed by atoms with E-state index in [-0.39, 0.29) is 0 Å². The molecule has 1 aromatic rings. The van der Waals surface area contributed by atoms with Crippen molar-refractivity contribution in [2.75, 3.05) is 33.5 Å². The van der Waals surface area contributed by atoms with E-state index < -0.39 is 0 Å². The van der Waals surface area contributed by atoms with Gasteiger partial charge in [-0.3, -0.25) is 0 Å². The van der Waals surface area contributed by atoms with Crippen LogP contribution in [-0.2, 0) is 15.9 Å². The fourth-order valence-electron chi connectivity index (χ4n) is 1.26. The highest BCUT2D eigenvalue weighted by molar-refractivity contribution is 6.29. The first kappa shape index (κ1) is 15.1. The summed E-state index contributed by atoms with van der Waals surface area (Å²) >= 11 is 5.86. The molecule has 0 radical (unpaired) electrons. The molecule has 0 aliphatic heterocycles. The van der Waals surface area contributed by atoms with Crippen LogP contribution in [-0.4, -0.2) is 43.5 Å². The molecule has 102 valence electrons. The molecule has 0 aromatic carbocycles. The van der Waals surface area contributed by atoms with E-state index in [1.54, 1.807) is 13.2 Å². The normalized spacial score (nSPS) is 10.6. The van der Waals surface area contributed by atoms with Crippen molar-refractivity contribution in [1.82, 2.24) is 9.97 Å². The summed E-state index contributed by atoms with van der Waals surface area (Å²) in [6.45, 7) is 4.38. The third-order valence-corrected chi connectivity index (χ3v) is 2.34. The summed E-state index contributed by atoms with van der Waals surface area (Å²) in [6, 6.07) is 1.62. The van der Waals surface area contributed by atoms with E-state index in [4.69, 9.17) is 25.8 Å². The number of nitrogens with zero attached hydrogens (tertiary/aromatic N) is 2. The zero-order valence-electron chi connectivity index (χ0n) is 10.8. The van der Waals surface area contributed by atoms with Crippen molar-refractivity contribution in [2.45, 2.75) is 19.8 Å². The molecule has 0 unspecified atom stereocenters. The summed E-state index contributed by atoms with van der Waals surface area (Å²) in [5.74, 6) is 1.21. The molecule has 0 bridgehead atoms. The number of aryl methyl sites for hydroxylation is 1. The van der Waals surface area contributed by atoms with Gasteiger partial charge in [0.2, 0.25) is 5.88 Å². The van der Waals surface area contributed by atoms with Crippen LogP contribution >= 0.6 is 11.6 Å². The average Bonchev–Trinajstić information content (AvgIpc) is 2.37. The summed E-state index contributed by atoms with van der Waals surface area (Å²) in [5, 5.41) is 0.410.